The number of nitrogens with zero attached hydrogens (tertiary/aromatic N) is 2. The number of nitrogens with one attached hydrogen (secondary N) is 1. The Morgan fingerprint density at radius 3 is 2.85 bits per heavy atom. The Hall–Kier alpha value is -2.13. The molecular weight excluding hydrogens is 246 g/mol. The van der Waals surface area contributed by atoms with Crippen molar-refractivity contribution in [3.63, 3.8) is 0 Å². The minimum atomic E-state index is 1.04. The van der Waals surface area contributed by atoms with E-state index in [0.29, 0.717) is 0 Å². The Morgan fingerprint density at radius 1 is 1.05 bits per heavy atom. The smallest absolute Gasteiger partial charge is 0.0562 e. The fraction of sp³-hybridized carbons (Fsp3) is 0.235. The standard InChI is InChI=1S/C17H17N3/c1-2-14-12-15-6-9-19-10-11-20(15)17(14)16(3-1)13-4-7-18-8-5-13/h1-5,7-8,12,19H,6,9-11H2. The predicted molar refractivity (Wildman–Crippen MR) is 81.7 cm³/mol. The highest BCUT2D eigenvalue weighted by Crippen LogP contribution is 2.31. The van der Waals surface area contributed by atoms with Gasteiger partial charge in [-0.15, -0.1) is 0 Å². The summed E-state index contributed by atoms with van der Waals surface area (Å²) in [5, 5.41) is 4.82. The SMILES string of the molecule is c1cc(-c2ccncc2)c2c(c1)cc1n2CCNCC1. The lowest BCUT2D eigenvalue weighted by atomic mass is 10.0. The second-order valence-electron chi connectivity index (χ2n) is 5.27. The third-order valence-electron chi connectivity index (χ3n) is 4.07. The first kappa shape index (κ1) is 11.7. The van der Waals surface area contributed by atoms with Gasteiger partial charge in [-0.3, -0.25) is 4.98 Å². The van der Waals surface area contributed by atoms with Crippen molar-refractivity contribution in [2.45, 2.75) is 13.0 Å². The Balaban J connectivity index is 2.00. The largest absolute Gasteiger partial charge is 0.343 e. The van der Waals surface area contributed by atoms with Crippen LogP contribution in [0.5, 0.6) is 0 Å². The van der Waals surface area contributed by atoms with Crippen LogP contribution >= 0.6 is 0 Å². The van der Waals surface area contributed by atoms with Crippen LogP contribution in [0.4, 0.5) is 0 Å². The maximum atomic E-state index is 4.12. The van der Waals surface area contributed by atoms with Crippen LogP contribution in [-0.4, -0.2) is 22.6 Å². The van der Waals surface area contributed by atoms with Gasteiger partial charge in [0, 0.05) is 55.1 Å². The summed E-state index contributed by atoms with van der Waals surface area (Å²) < 4.78 is 2.48. The van der Waals surface area contributed by atoms with Crippen molar-refractivity contribution in [2.24, 2.45) is 0 Å². The average Bonchev–Trinajstić information content (AvgIpc) is 2.70. The van der Waals surface area contributed by atoms with E-state index in [2.05, 4.69) is 51.3 Å². The third kappa shape index (κ3) is 1.82. The summed E-state index contributed by atoms with van der Waals surface area (Å²) in [7, 11) is 0. The Morgan fingerprint density at radius 2 is 1.95 bits per heavy atom. The first-order valence-electron chi connectivity index (χ1n) is 7.16. The zero-order valence-corrected chi connectivity index (χ0v) is 11.3. The van der Waals surface area contributed by atoms with Crippen LogP contribution in [0.2, 0.25) is 0 Å². The van der Waals surface area contributed by atoms with Crippen molar-refractivity contribution >= 4 is 10.9 Å². The van der Waals surface area contributed by atoms with Crippen LogP contribution in [-0.2, 0) is 13.0 Å². The molecule has 0 unspecified atom stereocenters. The van der Waals surface area contributed by atoms with E-state index < -0.39 is 0 Å². The molecule has 1 aliphatic heterocycles. The molecule has 0 aliphatic carbocycles. The predicted octanol–water partition coefficient (Wildman–Crippen LogP) is 2.85. The number of fused-ring (bicyclic) bond motifs is 3. The molecule has 4 rings (SSSR count). The van der Waals surface area contributed by atoms with Crippen LogP contribution in [0.15, 0.2) is 48.8 Å². The van der Waals surface area contributed by atoms with Gasteiger partial charge in [0.1, 0.15) is 0 Å². The Kier molecular flexibility index (Phi) is 2.78. The summed E-state index contributed by atoms with van der Waals surface area (Å²) in [4.78, 5) is 4.12. The van der Waals surface area contributed by atoms with Gasteiger partial charge < -0.3 is 9.88 Å². The van der Waals surface area contributed by atoms with Crippen LogP contribution in [0.1, 0.15) is 5.69 Å². The maximum absolute atomic E-state index is 4.12. The first-order chi connectivity index (χ1) is 9.93. The molecule has 0 saturated carbocycles. The highest BCUT2D eigenvalue weighted by atomic mass is 15.0. The molecule has 0 fully saturated rings. The van der Waals surface area contributed by atoms with Crippen LogP contribution in [0.3, 0.4) is 0 Å². The molecule has 0 atom stereocenters. The van der Waals surface area contributed by atoms with Gasteiger partial charge in [0.2, 0.25) is 0 Å². The van der Waals surface area contributed by atoms with E-state index in [1.54, 1.807) is 0 Å². The highest BCUT2D eigenvalue weighted by molar-refractivity contribution is 5.95. The summed E-state index contributed by atoms with van der Waals surface area (Å²) in [5.41, 5.74) is 5.34. The van der Waals surface area contributed by atoms with E-state index in [1.807, 2.05) is 12.4 Å². The number of hydrogen-bond donors (Lipinski definition) is 1. The van der Waals surface area contributed by atoms with Crippen molar-refractivity contribution in [2.75, 3.05) is 13.1 Å². The van der Waals surface area contributed by atoms with E-state index in [1.165, 1.54) is 27.7 Å². The van der Waals surface area contributed by atoms with Gasteiger partial charge in [-0.05, 0) is 23.8 Å². The lowest BCUT2D eigenvalue weighted by molar-refractivity contribution is 0.658. The van der Waals surface area contributed by atoms with Crippen molar-refractivity contribution in [1.82, 2.24) is 14.9 Å². The fourth-order valence-corrected chi connectivity index (χ4v) is 3.14. The minimum Gasteiger partial charge on any atom is -0.343 e. The summed E-state index contributed by atoms with van der Waals surface area (Å²) in [5.74, 6) is 0. The zero-order valence-electron chi connectivity index (χ0n) is 11.3. The van der Waals surface area contributed by atoms with Gasteiger partial charge in [0.15, 0.2) is 0 Å². The molecule has 20 heavy (non-hydrogen) atoms. The van der Waals surface area contributed by atoms with E-state index in [4.69, 9.17) is 0 Å². The zero-order chi connectivity index (χ0) is 13.4. The van der Waals surface area contributed by atoms with E-state index in [9.17, 15) is 0 Å². The van der Waals surface area contributed by atoms with Gasteiger partial charge >= 0.3 is 0 Å². The maximum Gasteiger partial charge on any atom is 0.0562 e. The minimum absolute atomic E-state index is 1.04. The number of aromatic nitrogens is 2. The normalized spacial score (nSPS) is 15.0. The molecule has 0 radical (unpaired) electrons. The van der Waals surface area contributed by atoms with Crippen molar-refractivity contribution < 1.29 is 0 Å². The fourth-order valence-electron chi connectivity index (χ4n) is 3.14. The molecular formula is C17H17N3. The average molecular weight is 263 g/mol. The molecule has 2 aromatic heterocycles. The summed E-state index contributed by atoms with van der Waals surface area (Å²) in [6, 6.07) is 13.1. The van der Waals surface area contributed by atoms with Crippen molar-refractivity contribution in [1.29, 1.82) is 0 Å². The number of benzene rings is 1. The first-order valence-corrected chi connectivity index (χ1v) is 7.16. The molecule has 0 amide bonds. The number of para-hydroxylation sites is 1. The molecule has 1 aliphatic rings. The van der Waals surface area contributed by atoms with E-state index in [-0.39, 0.29) is 0 Å². The summed E-state index contributed by atoms with van der Waals surface area (Å²) in [6.07, 6.45) is 4.83. The quantitative estimate of drug-likeness (QED) is 0.731. The van der Waals surface area contributed by atoms with Crippen LogP contribution < -0.4 is 5.32 Å². The Bertz CT molecular complexity index is 744. The molecule has 3 nitrogen and oxygen atoms in total. The molecule has 3 heterocycles. The lowest BCUT2D eigenvalue weighted by Crippen LogP contribution is -2.17. The van der Waals surface area contributed by atoms with Gasteiger partial charge in [-0.1, -0.05) is 18.2 Å². The van der Waals surface area contributed by atoms with E-state index in [0.717, 1.165) is 26.1 Å². The van der Waals surface area contributed by atoms with Gasteiger partial charge in [-0.25, -0.2) is 0 Å². The van der Waals surface area contributed by atoms with Gasteiger partial charge in [-0.2, -0.15) is 0 Å². The van der Waals surface area contributed by atoms with E-state index >= 15 is 0 Å². The number of rotatable bonds is 1. The second kappa shape index (κ2) is 4.76. The number of pyridine rings is 1. The second-order valence-corrected chi connectivity index (χ2v) is 5.27. The monoisotopic (exact) mass is 263 g/mol. The molecule has 3 aromatic rings. The Labute approximate surface area is 118 Å². The number of hydrogen-bond acceptors (Lipinski definition) is 2. The lowest BCUT2D eigenvalue weighted by Gasteiger charge is -2.10. The molecule has 0 spiro atoms. The topological polar surface area (TPSA) is 29.9 Å². The van der Waals surface area contributed by atoms with Crippen LogP contribution in [0, 0.1) is 0 Å². The third-order valence-corrected chi connectivity index (χ3v) is 4.07. The molecule has 0 bridgehead atoms. The van der Waals surface area contributed by atoms with Crippen molar-refractivity contribution in [3.8, 4) is 11.1 Å². The highest BCUT2D eigenvalue weighted by Gasteiger charge is 2.14. The molecule has 0 saturated heterocycles. The molecule has 1 N–H and O–H groups in total. The summed E-state index contributed by atoms with van der Waals surface area (Å²) in [6.45, 7) is 3.16. The van der Waals surface area contributed by atoms with Crippen molar-refractivity contribution in [3.05, 3.63) is 54.5 Å². The van der Waals surface area contributed by atoms with Gasteiger partial charge in [0.25, 0.3) is 0 Å². The summed E-state index contributed by atoms with van der Waals surface area (Å²) >= 11 is 0. The molecule has 1 aromatic carbocycles. The van der Waals surface area contributed by atoms with Crippen LogP contribution in [0.25, 0.3) is 22.0 Å². The van der Waals surface area contributed by atoms with Gasteiger partial charge in [0.05, 0.1) is 5.52 Å². The molecule has 100 valence electrons. The molecule has 3 heteroatoms.